The highest BCUT2D eigenvalue weighted by atomic mass is 19.4. The lowest BCUT2D eigenvalue weighted by atomic mass is 9.99. The van der Waals surface area contributed by atoms with Crippen LogP contribution in [0.5, 0.6) is 5.88 Å². The van der Waals surface area contributed by atoms with Crippen LogP contribution in [0.1, 0.15) is 53.0 Å². The summed E-state index contributed by atoms with van der Waals surface area (Å²) in [5.74, 6) is -0.249. The summed E-state index contributed by atoms with van der Waals surface area (Å²) in [5, 5.41) is 2.76. The average Bonchev–Trinajstić information content (AvgIpc) is 2.78. The molecule has 0 saturated carbocycles. The summed E-state index contributed by atoms with van der Waals surface area (Å²) >= 11 is 0. The molecule has 0 fully saturated rings. The Morgan fingerprint density at radius 2 is 1.84 bits per heavy atom. The Morgan fingerprint density at radius 1 is 1.06 bits per heavy atom. The average molecular weight is 429 g/mol. The third-order valence-corrected chi connectivity index (χ3v) is 4.59. The van der Waals surface area contributed by atoms with Crippen LogP contribution in [0.2, 0.25) is 0 Å². The van der Waals surface area contributed by atoms with Gasteiger partial charge in [-0.15, -0.1) is 0 Å². The molecular formula is C23H22F3N3O2. The van der Waals surface area contributed by atoms with Crippen molar-refractivity contribution in [2.75, 3.05) is 0 Å². The summed E-state index contributed by atoms with van der Waals surface area (Å²) in [4.78, 5) is 20.8. The number of carbonyl (C=O) groups is 1. The number of hydrogen-bond donors (Lipinski definition) is 1. The van der Waals surface area contributed by atoms with Crippen molar-refractivity contribution < 1.29 is 22.7 Å². The van der Waals surface area contributed by atoms with Gasteiger partial charge in [0.15, 0.2) is 0 Å². The third-order valence-electron chi connectivity index (χ3n) is 4.59. The summed E-state index contributed by atoms with van der Waals surface area (Å²) in [6.45, 7) is 2.21. The van der Waals surface area contributed by atoms with Crippen molar-refractivity contribution in [3.63, 3.8) is 0 Å². The first-order valence-corrected chi connectivity index (χ1v) is 9.83. The molecule has 31 heavy (non-hydrogen) atoms. The molecule has 0 saturated heterocycles. The van der Waals surface area contributed by atoms with E-state index >= 15 is 0 Å². The van der Waals surface area contributed by atoms with Gasteiger partial charge in [-0.05, 0) is 29.7 Å². The summed E-state index contributed by atoms with van der Waals surface area (Å²) in [5.41, 5.74) is 0.663. The molecule has 0 aliphatic carbocycles. The molecule has 2 aromatic carbocycles. The maximum absolute atomic E-state index is 13.0. The fourth-order valence-electron chi connectivity index (χ4n) is 3.01. The number of halogens is 3. The fourth-order valence-corrected chi connectivity index (χ4v) is 3.01. The van der Waals surface area contributed by atoms with Gasteiger partial charge in [-0.3, -0.25) is 4.79 Å². The standard InChI is InChI=1S/C23H22F3N3O2/c1-2-7-19(17-10-6-11-18(12-17)23(24,25)26)29-22(30)20-13-28-21(14-27-20)31-15-16-8-4-3-5-9-16/h3-6,8-14,19H,2,7,15H2,1H3,(H,29,30). The second-order valence-corrected chi connectivity index (χ2v) is 6.95. The number of nitrogens with one attached hydrogen (secondary N) is 1. The minimum Gasteiger partial charge on any atom is -0.472 e. The van der Waals surface area contributed by atoms with Crippen LogP contribution in [-0.4, -0.2) is 15.9 Å². The first-order chi connectivity index (χ1) is 14.9. The zero-order valence-electron chi connectivity index (χ0n) is 16.9. The zero-order chi connectivity index (χ0) is 22.3. The van der Waals surface area contributed by atoms with Crippen molar-refractivity contribution >= 4 is 5.91 Å². The fraction of sp³-hybridized carbons (Fsp3) is 0.261. The molecule has 0 radical (unpaired) electrons. The van der Waals surface area contributed by atoms with E-state index in [1.54, 1.807) is 6.07 Å². The van der Waals surface area contributed by atoms with Gasteiger partial charge < -0.3 is 10.1 Å². The zero-order valence-corrected chi connectivity index (χ0v) is 16.9. The predicted molar refractivity (Wildman–Crippen MR) is 109 cm³/mol. The molecule has 0 aliphatic rings. The van der Waals surface area contributed by atoms with Gasteiger partial charge in [-0.1, -0.05) is 55.8 Å². The van der Waals surface area contributed by atoms with Gasteiger partial charge in [0.2, 0.25) is 5.88 Å². The van der Waals surface area contributed by atoms with Crippen LogP contribution in [-0.2, 0) is 12.8 Å². The maximum Gasteiger partial charge on any atom is 0.416 e. The van der Waals surface area contributed by atoms with E-state index in [1.807, 2.05) is 37.3 Å². The largest absolute Gasteiger partial charge is 0.472 e. The van der Waals surface area contributed by atoms with Crippen molar-refractivity contribution in [2.24, 2.45) is 0 Å². The summed E-state index contributed by atoms with van der Waals surface area (Å²) in [7, 11) is 0. The predicted octanol–water partition coefficient (Wildman–Crippen LogP) is 5.35. The van der Waals surface area contributed by atoms with E-state index in [2.05, 4.69) is 15.3 Å². The highest BCUT2D eigenvalue weighted by Crippen LogP contribution is 2.31. The number of alkyl halides is 3. The van der Waals surface area contributed by atoms with E-state index in [9.17, 15) is 18.0 Å². The van der Waals surface area contributed by atoms with Crippen LogP contribution < -0.4 is 10.1 Å². The summed E-state index contributed by atoms with van der Waals surface area (Å²) < 4.78 is 44.7. The number of hydrogen-bond acceptors (Lipinski definition) is 4. The van der Waals surface area contributed by atoms with Crippen molar-refractivity contribution in [2.45, 2.75) is 38.6 Å². The molecule has 0 spiro atoms. The molecule has 8 heteroatoms. The molecule has 0 aliphatic heterocycles. The Hall–Kier alpha value is -3.42. The monoisotopic (exact) mass is 429 g/mol. The topological polar surface area (TPSA) is 64.1 Å². The summed E-state index contributed by atoms with van der Waals surface area (Å²) in [6, 6.07) is 13.9. The van der Waals surface area contributed by atoms with Gasteiger partial charge in [-0.25, -0.2) is 9.97 Å². The van der Waals surface area contributed by atoms with Gasteiger partial charge in [0, 0.05) is 0 Å². The van der Waals surface area contributed by atoms with Crippen LogP contribution in [0.15, 0.2) is 67.0 Å². The second kappa shape index (κ2) is 10.1. The number of carbonyl (C=O) groups excluding carboxylic acids is 1. The lowest BCUT2D eigenvalue weighted by molar-refractivity contribution is -0.137. The minimum atomic E-state index is -4.45. The molecule has 162 valence electrons. The molecule has 3 rings (SSSR count). The van der Waals surface area contributed by atoms with Gasteiger partial charge in [0.05, 0.1) is 24.0 Å². The highest BCUT2D eigenvalue weighted by molar-refractivity contribution is 5.92. The molecule has 3 aromatic rings. The quantitative estimate of drug-likeness (QED) is 0.525. The van der Waals surface area contributed by atoms with Crippen LogP contribution in [0.4, 0.5) is 13.2 Å². The van der Waals surface area contributed by atoms with E-state index in [-0.39, 0.29) is 11.6 Å². The Kier molecular flexibility index (Phi) is 7.23. The number of benzene rings is 2. The van der Waals surface area contributed by atoms with Crippen LogP contribution in [0, 0.1) is 0 Å². The molecule has 1 aromatic heterocycles. The molecule has 1 N–H and O–H groups in total. The Balaban J connectivity index is 1.67. The molecular weight excluding hydrogens is 407 g/mol. The van der Waals surface area contributed by atoms with E-state index < -0.39 is 23.7 Å². The molecule has 1 heterocycles. The Morgan fingerprint density at radius 3 is 2.48 bits per heavy atom. The normalized spacial score (nSPS) is 12.3. The van der Waals surface area contributed by atoms with Crippen molar-refractivity contribution in [1.29, 1.82) is 0 Å². The summed E-state index contributed by atoms with van der Waals surface area (Å²) in [6.07, 6.45) is -0.655. The number of amides is 1. The van der Waals surface area contributed by atoms with Crippen molar-refractivity contribution in [1.82, 2.24) is 15.3 Å². The first kappa shape index (κ1) is 22.3. The first-order valence-electron chi connectivity index (χ1n) is 9.83. The number of aromatic nitrogens is 2. The van der Waals surface area contributed by atoms with Crippen molar-refractivity contribution in [3.8, 4) is 5.88 Å². The molecule has 1 atom stereocenters. The van der Waals surface area contributed by atoms with E-state index in [0.717, 1.165) is 17.7 Å². The SMILES string of the molecule is CCCC(NC(=O)c1cnc(OCc2ccccc2)cn1)c1cccc(C(F)(F)F)c1. The number of nitrogens with zero attached hydrogens (tertiary/aromatic N) is 2. The minimum absolute atomic E-state index is 0.0557. The van der Waals surface area contributed by atoms with Gasteiger partial charge in [0.1, 0.15) is 12.3 Å². The third kappa shape index (κ3) is 6.28. The molecule has 1 amide bonds. The van der Waals surface area contributed by atoms with E-state index in [1.165, 1.54) is 18.5 Å². The second-order valence-electron chi connectivity index (χ2n) is 6.95. The lowest BCUT2D eigenvalue weighted by Gasteiger charge is -2.19. The Bertz CT molecular complexity index is 993. The van der Waals surface area contributed by atoms with Gasteiger partial charge in [-0.2, -0.15) is 13.2 Å². The van der Waals surface area contributed by atoms with Gasteiger partial charge in [0.25, 0.3) is 5.91 Å². The Labute approximate surface area is 178 Å². The number of ether oxygens (including phenoxy) is 1. The molecule has 0 bridgehead atoms. The van der Waals surface area contributed by atoms with E-state index in [4.69, 9.17) is 4.74 Å². The van der Waals surface area contributed by atoms with E-state index in [0.29, 0.717) is 25.0 Å². The maximum atomic E-state index is 13.0. The molecule has 5 nitrogen and oxygen atoms in total. The smallest absolute Gasteiger partial charge is 0.416 e. The highest BCUT2D eigenvalue weighted by Gasteiger charge is 2.31. The van der Waals surface area contributed by atoms with Crippen LogP contribution in [0.25, 0.3) is 0 Å². The van der Waals surface area contributed by atoms with Crippen molar-refractivity contribution in [3.05, 3.63) is 89.4 Å². The van der Waals surface area contributed by atoms with Crippen LogP contribution >= 0.6 is 0 Å². The van der Waals surface area contributed by atoms with Gasteiger partial charge >= 0.3 is 6.18 Å². The lowest BCUT2D eigenvalue weighted by Crippen LogP contribution is -2.29. The molecule has 1 unspecified atom stereocenters. The van der Waals surface area contributed by atoms with Crippen LogP contribution in [0.3, 0.4) is 0 Å². The number of rotatable bonds is 8.